The van der Waals surface area contributed by atoms with Crippen molar-refractivity contribution in [2.75, 3.05) is 5.32 Å². The zero-order valence-electron chi connectivity index (χ0n) is 15.9. The molecule has 1 aliphatic carbocycles. The molecule has 148 valence electrons. The number of rotatable bonds is 4. The Morgan fingerprint density at radius 2 is 1.83 bits per heavy atom. The maximum absolute atomic E-state index is 14.9. The molecule has 0 atom stereocenters. The molecule has 2 aromatic carbocycles. The number of thiazole rings is 1. The summed E-state index contributed by atoms with van der Waals surface area (Å²) in [6.07, 6.45) is 6.06. The zero-order chi connectivity index (χ0) is 19.8. The van der Waals surface area contributed by atoms with E-state index in [-0.39, 0.29) is 5.82 Å². The fourth-order valence-electron chi connectivity index (χ4n) is 4.14. The third-order valence-electron chi connectivity index (χ3n) is 5.58. The van der Waals surface area contributed by atoms with Crippen LogP contribution in [0.4, 0.5) is 10.2 Å². The summed E-state index contributed by atoms with van der Waals surface area (Å²) in [5.41, 5.74) is 3.52. The van der Waals surface area contributed by atoms with Crippen LogP contribution in [0.2, 0.25) is 0 Å². The molecule has 0 amide bonds. The lowest BCUT2D eigenvalue weighted by atomic mass is 9.95. The van der Waals surface area contributed by atoms with E-state index in [0.717, 1.165) is 38.4 Å². The predicted molar refractivity (Wildman–Crippen MR) is 127 cm³/mol. The first-order valence-corrected chi connectivity index (χ1v) is 11.9. The molecule has 1 N–H and O–H groups in total. The van der Waals surface area contributed by atoms with Crippen LogP contribution in [0.15, 0.2) is 53.9 Å². The number of aromatic nitrogens is 2. The van der Waals surface area contributed by atoms with Gasteiger partial charge in [-0.05, 0) is 53.1 Å². The number of nitrogens with zero attached hydrogens (tertiary/aromatic N) is 2. The number of hydrogen-bond acceptors (Lipinski definition) is 3. The molecule has 3 nitrogen and oxygen atoms in total. The van der Waals surface area contributed by atoms with Gasteiger partial charge >= 0.3 is 0 Å². The first-order chi connectivity index (χ1) is 14.2. The molecule has 0 saturated heterocycles. The zero-order valence-corrected chi connectivity index (χ0v) is 18.8. The van der Waals surface area contributed by atoms with Crippen molar-refractivity contribution in [1.82, 2.24) is 9.38 Å². The topological polar surface area (TPSA) is 29.3 Å². The van der Waals surface area contributed by atoms with E-state index in [0.29, 0.717) is 17.3 Å². The molecule has 1 aliphatic rings. The summed E-state index contributed by atoms with van der Waals surface area (Å²) in [5, 5.41) is 5.90. The van der Waals surface area contributed by atoms with Gasteiger partial charge in [0.1, 0.15) is 17.3 Å². The Kier molecular flexibility index (Phi) is 5.30. The fraction of sp³-hybridized carbons (Fsp3) is 0.261. The van der Waals surface area contributed by atoms with Crippen LogP contribution >= 0.6 is 33.9 Å². The molecule has 2 heterocycles. The highest BCUT2D eigenvalue weighted by atomic mass is 127. The van der Waals surface area contributed by atoms with Crippen molar-refractivity contribution < 1.29 is 4.39 Å². The minimum atomic E-state index is -0.226. The molecule has 1 fully saturated rings. The summed E-state index contributed by atoms with van der Waals surface area (Å²) in [7, 11) is 0. The lowest BCUT2D eigenvalue weighted by molar-refractivity contribution is 0.462. The van der Waals surface area contributed by atoms with E-state index in [2.05, 4.69) is 49.8 Å². The maximum atomic E-state index is 14.9. The second-order valence-electron chi connectivity index (χ2n) is 7.49. The van der Waals surface area contributed by atoms with Gasteiger partial charge in [-0.15, -0.1) is 11.3 Å². The van der Waals surface area contributed by atoms with Gasteiger partial charge in [-0.2, -0.15) is 0 Å². The van der Waals surface area contributed by atoms with Crippen molar-refractivity contribution >= 4 is 44.7 Å². The molecular weight excluding hydrogens is 496 g/mol. The normalized spacial score (nSPS) is 15.1. The Morgan fingerprint density at radius 3 is 2.59 bits per heavy atom. The van der Waals surface area contributed by atoms with E-state index >= 15 is 0 Å². The predicted octanol–water partition coefficient (Wildman–Crippen LogP) is 7.22. The first kappa shape index (κ1) is 19.1. The van der Waals surface area contributed by atoms with Gasteiger partial charge in [0.05, 0.1) is 11.3 Å². The van der Waals surface area contributed by atoms with E-state index in [9.17, 15) is 4.39 Å². The number of anilines is 1. The van der Waals surface area contributed by atoms with E-state index in [4.69, 9.17) is 4.98 Å². The van der Waals surface area contributed by atoms with Crippen molar-refractivity contribution in [2.45, 2.75) is 38.1 Å². The van der Waals surface area contributed by atoms with E-state index in [1.807, 2.05) is 24.3 Å². The summed E-state index contributed by atoms with van der Waals surface area (Å²) < 4.78 is 17.9. The smallest absolute Gasteiger partial charge is 0.196 e. The van der Waals surface area contributed by atoms with E-state index in [1.165, 1.54) is 25.3 Å². The van der Waals surface area contributed by atoms with Crippen LogP contribution in [0.3, 0.4) is 0 Å². The van der Waals surface area contributed by atoms with E-state index in [1.54, 1.807) is 17.4 Å². The van der Waals surface area contributed by atoms with Gasteiger partial charge in [-0.25, -0.2) is 9.37 Å². The fourth-order valence-corrected chi connectivity index (χ4v) is 5.76. The Balaban J connectivity index is 1.72. The minimum absolute atomic E-state index is 0.226. The number of nitrogens with one attached hydrogen (secondary N) is 1. The van der Waals surface area contributed by atoms with E-state index < -0.39 is 0 Å². The molecule has 29 heavy (non-hydrogen) atoms. The van der Waals surface area contributed by atoms with Crippen molar-refractivity contribution in [3.63, 3.8) is 0 Å². The average Bonchev–Trinajstić information content (AvgIpc) is 3.30. The summed E-state index contributed by atoms with van der Waals surface area (Å²) in [6, 6.07) is 15.9. The molecule has 2 aromatic heterocycles. The van der Waals surface area contributed by atoms with Gasteiger partial charge in [-0.1, -0.05) is 55.7 Å². The Morgan fingerprint density at radius 1 is 1.03 bits per heavy atom. The van der Waals surface area contributed by atoms with Crippen molar-refractivity contribution in [1.29, 1.82) is 0 Å². The lowest BCUT2D eigenvalue weighted by Gasteiger charge is -2.24. The van der Waals surface area contributed by atoms with Crippen LogP contribution in [-0.4, -0.2) is 15.4 Å². The average molecular weight is 517 g/mol. The highest BCUT2D eigenvalue weighted by Crippen LogP contribution is 2.39. The summed E-state index contributed by atoms with van der Waals surface area (Å²) >= 11 is 3.81. The molecule has 0 unspecified atom stereocenters. The van der Waals surface area contributed by atoms with Gasteiger partial charge in [0, 0.05) is 15.0 Å². The van der Waals surface area contributed by atoms with Crippen LogP contribution in [0.5, 0.6) is 0 Å². The van der Waals surface area contributed by atoms with Crippen molar-refractivity contribution in [3.05, 3.63) is 63.3 Å². The van der Waals surface area contributed by atoms with Crippen LogP contribution < -0.4 is 5.32 Å². The van der Waals surface area contributed by atoms with Crippen molar-refractivity contribution in [3.8, 4) is 22.5 Å². The Hall–Kier alpha value is -1.93. The Labute approximate surface area is 187 Å². The quantitative estimate of drug-likeness (QED) is 0.290. The van der Waals surface area contributed by atoms with Crippen molar-refractivity contribution in [2.24, 2.45) is 0 Å². The number of imidazole rings is 1. The van der Waals surface area contributed by atoms with Crippen LogP contribution in [0, 0.1) is 9.39 Å². The molecule has 0 aliphatic heterocycles. The molecule has 1 saturated carbocycles. The molecule has 0 spiro atoms. The lowest BCUT2D eigenvalue weighted by Crippen LogP contribution is -2.23. The van der Waals surface area contributed by atoms with Crippen LogP contribution in [0.1, 0.15) is 32.1 Å². The van der Waals surface area contributed by atoms with Gasteiger partial charge in [0.2, 0.25) is 0 Å². The SMILES string of the molecule is Fc1cccc(I)c1-c1nc2scc(-c3ccccc3)n2c1NC1CCCCC1. The van der Waals surface area contributed by atoms with Gasteiger partial charge in [-0.3, -0.25) is 4.40 Å². The van der Waals surface area contributed by atoms with Gasteiger partial charge in [0.15, 0.2) is 4.96 Å². The highest BCUT2D eigenvalue weighted by Gasteiger charge is 2.25. The summed E-state index contributed by atoms with van der Waals surface area (Å²) in [4.78, 5) is 5.78. The molecule has 0 bridgehead atoms. The first-order valence-electron chi connectivity index (χ1n) is 9.98. The Bertz CT molecular complexity index is 1130. The molecule has 4 aromatic rings. The maximum Gasteiger partial charge on any atom is 0.196 e. The second kappa shape index (κ2) is 8.07. The van der Waals surface area contributed by atoms with Crippen LogP contribution in [-0.2, 0) is 0 Å². The van der Waals surface area contributed by atoms with Gasteiger partial charge < -0.3 is 5.32 Å². The summed E-state index contributed by atoms with van der Waals surface area (Å²) in [5.74, 6) is 0.686. The number of benzene rings is 2. The third-order valence-corrected chi connectivity index (χ3v) is 7.30. The van der Waals surface area contributed by atoms with Gasteiger partial charge in [0.25, 0.3) is 0 Å². The standard InChI is InChI=1S/C23H21FIN3S/c24-17-12-7-13-18(25)20(17)21-22(26-16-10-5-2-6-11-16)28-19(14-29-23(28)27-21)15-8-3-1-4-9-15/h1,3-4,7-9,12-14,16,26H,2,5-6,10-11H2. The minimum Gasteiger partial charge on any atom is -0.367 e. The highest BCUT2D eigenvalue weighted by molar-refractivity contribution is 14.1. The van der Waals surface area contributed by atoms with Crippen LogP contribution in [0.25, 0.3) is 27.5 Å². The summed E-state index contributed by atoms with van der Waals surface area (Å²) in [6.45, 7) is 0. The second-order valence-corrected chi connectivity index (χ2v) is 9.49. The largest absolute Gasteiger partial charge is 0.367 e. The monoisotopic (exact) mass is 517 g/mol. The molecule has 5 rings (SSSR count). The molecule has 6 heteroatoms. The number of halogens is 2. The third kappa shape index (κ3) is 3.57. The molecule has 0 radical (unpaired) electrons. The molecular formula is C23H21FIN3S. The number of fused-ring (bicyclic) bond motifs is 1. The number of hydrogen-bond donors (Lipinski definition) is 1.